The van der Waals surface area contributed by atoms with Gasteiger partial charge in [0.1, 0.15) is 0 Å². The van der Waals surface area contributed by atoms with Gasteiger partial charge in [0.25, 0.3) is 0 Å². The van der Waals surface area contributed by atoms with E-state index in [9.17, 15) is 0 Å². The van der Waals surface area contributed by atoms with Crippen molar-refractivity contribution in [1.29, 1.82) is 0 Å². The number of rotatable bonds is 5. The van der Waals surface area contributed by atoms with Crippen molar-refractivity contribution < 1.29 is 32.7 Å². The van der Waals surface area contributed by atoms with Crippen LogP contribution in [0.1, 0.15) is 70.0 Å². The van der Waals surface area contributed by atoms with E-state index in [1.165, 1.54) is 46.6 Å². The molecule has 0 fully saturated rings. The molecule has 0 saturated heterocycles. The Morgan fingerprint density at radius 1 is 0.755 bits per heavy atom. The maximum Gasteiger partial charge on any atom is 0.0774 e. The zero-order chi connectivity index (χ0) is 38.4. The number of hydrogen-bond acceptors (Lipinski definition) is 3. The Balaban J connectivity index is 0.000000211. The summed E-state index contributed by atoms with van der Waals surface area (Å²) in [5, 5.41) is 3.37. The summed E-state index contributed by atoms with van der Waals surface area (Å²) >= 11 is 0. The topological polar surface area (TPSA) is 43.9 Å². The first-order valence-corrected chi connectivity index (χ1v) is 16.1. The molecule has 0 aliphatic carbocycles. The van der Waals surface area contributed by atoms with Gasteiger partial charge in [-0.15, -0.1) is 35.4 Å². The fourth-order valence-electron chi connectivity index (χ4n) is 6.15. The van der Waals surface area contributed by atoms with E-state index in [4.69, 9.17) is 17.6 Å². The molecule has 0 unspecified atom stereocenters. The Morgan fingerprint density at radius 3 is 2.10 bits per heavy atom. The molecule has 0 bridgehead atoms. The molecule has 1 radical (unpaired) electrons. The van der Waals surface area contributed by atoms with E-state index in [0.29, 0.717) is 23.1 Å². The van der Waals surface area contributed by atoms with E-state index in [1.807, 2.05) is 6.07 Å². The van der Waals surface area contributed by atoms with Crippen LogP contribution in [0.2, 0.25) is 0 Å². The summed E-state index contributed by atoms with van der Waals surface area (Å²) in [7, 11) is 0. The van der Waals surface area contributed by atoms with Crippen LogP contribution in [-0.2, 0) is 20.1 Å². The number of imidazole rings is 1. The van der Waals surface area contributed by atoms with Gasteiger partial charge in [-0.1, -0.05) is 124 Å². The zero-order valence-corrected chi connectivity index (χ0v) is 30.1. The monoisotopic (exact) mass is 824 g/mol. The van der Waals surface area contributed by atoms with E-state index in [1.54, 1.807) is 12.1 Å². The molecule has 0 N–H and O–H groups in total. The van der Waals surface area contributed by atoms with Gasteiger partial charge in [-0.2, -0.15) is 0 Å². The molecular formula is C44H39IrN3O-2. The number of fused-ring (bicyclic) bond motifs is 3. The first-order valence-electron chi connectivity index (χ1n) is 19.1. The van der Waals surface area contributed by atoms with Gasteiger partial charge in [-0.25, -0.2) is 0 Å². The van der Waals surface area contributed by atoms with Crippen LogP contribution in [-0.4, -0.2) is 14.5 Å². The number of pyridine rings is 1. The molecule has 0 amide bonds. The second kappa shape index (κ2) is 14.3. The summed E-state index contributed by atoms with van der Waals surface area (Å²) in [5.74, 6) is 1.61. The summed E-state index contributed by atoms with van der Waals surface area (Å²) in [6.45, 7) is 4.69. The summed E-state index contributed by atoms with van der Waals surface area (Å²) in [5.41, 5.74) is 9.18. The van der Waals surface area contributed by atoms with E-state index >= 15 is 0 Å². The molecule has 0 spiro atoms. The first kappa shape index (κ1) is 27.0. The summed E-state index contributed by atoms with van der Waals surface area (Å²) in [4.78, 5) is 9.21. The number of hydrogen-bond donors (Lipinski definition) is 0. The molecule has 8 aromatic rings. The number of aromatic nitrogens is 3. The first-order chi connectivity index (χ1) is 25.7. The van der Waals surface area contributed by atoms with Crippen molar-refractivity contribution in [3.63, 3.8) is 0 Å². The van der Waals surface area contributed by atoms with Crippen LogP contribution < -0.4 is 0 Å². The second-order valence-corrected chi connectivity index (χ2v) is 12.6. The predicted octanol–water partition coefficient (Wildman–Crippen LogP) is 11.8. The van der Waals surface area contributed by atoms with Gasteiger partial charge in [-0.3, -0.25) is 4.98 Å². The maximum atomic E-state index is 7.28. The van der Waals surface area contributed by atoms with Crippen molar-refractivity contribution >= 4 is 32.8 Å². The van der Waals surface area contributed by atoms with E-state index in [0.717, 1.165) is 38.8 Å². The van der Waals surface area contributed by atoms with Crippen LogP contribution in [0.15, 0.2) is 120 Å². The number of aryl methyl sites for hydroxylation is 2. The second-order valence-electron chi connectivity index (χ2n) is 12.6. The van der Waals surface area contributed by atoms with Gasteiger partial charge in [-0.05, 0) is 64.0 Å². The molecule has 49 heavy (non-hydrogen) atoms. The third kappa shape index (κ3) is 6.74. The average molecular weight is 824 g/mol. The number of para-hydroxylation sites is 3. The standard InChI is InChI=1S/C31H27N2O.C13H12N.Ir/c1-19(2)23-12-9-13-24(20(3)4)30(23)33-28-15-8-7-14-27(28)32-31(33)26-18-34-29-17-22-11-6-5-10-21(22)16-25(26)29;1-10-3-6-12(7-4-10)13-8-5-11(2)9-14-13;/h5-17,19-20H,1-4H3;3-6,8-9H,1-2H3;/q2*-1;/i;1D3,2D3;. The van der Waals surface area contributed by atoms with Gasteiger partial charge < -0.3 is 14.0 Å². The van der Waals surface area contributed by atoms with Gasteiger partial charge in [0.2, 0.25) is 0 Å². The predicted molar refractivity (Wildman–Crippen MR) is 199 cm³/mol. The molecular weight excluding hydrogens is 779 g/mol. The molecule has 0 aliphatic rings. The van der Waals surface area contributed by atoms with Crippen molar-refractivity contribution in [2.75, 3.05) is 0 Å². The molecule has 4 nitrogen and oxygen atoms in total. The Bertz CT molecular complexity index is 2500. The van der Waals surface area contributed by atoms with Crippen LogP contribution >= 0.6 is 0 Å². The van der Waals surface area contributed by atoms with Crippen molar-refractivity contribution in [3.05, 3.63) is 150 Å². The molecule has 0 atom stereocenters. The summed E-state index contributed by atoms with van der Waals surface area (Å²) in [6.07, 6.45) is 4.51. The summed E-state index contributed by atoms with van der Waals surface area (Å²) in [6, 6.07) is 38.1. The summed E-state index contributed by atoms with van der Waals surface area (Å²) < 4.78 is 51.9. The molecule has 0 aliphatic heterocycles. The maximum absolute atomic E-state index is 7.28. The number of benzene rings is 5. The van der Waals surface area contributed by atoms with Crippen molar-refractivity contribution in [2.24, 2.45) is 0 Å². The van der Waals surface area contributed by atoms with Gasteiger partial charge in [0, 0.05) is 52.1 Å². The van der Waals surface area contributed by atoms with Crippen LogP contribution in [0.3, 0.4) is 0 Å². The minimum Gasteiger partial charge on any atom is -0.557 e. The largest absolute Gasteiger partial charge is 0.557 e. The van der Waals surface area contributed by atoms with Crippen LogP contribution in [0, 0.1) is 26.0 Å². The minimum atomic E-state index is -2.18. The normalized spacial score (nSPS) is 13.6. The van der Waals surface area contributed by atoms with E-state index < -0.39 is 13.7 Å². The van der Waals surface area contributed by atoms with Crippen molar-refractivity contribution in [1.82, 2.24) is 14.5 Å². The van der Waals surface area contributed by atoms with Crippen LogP contribution in [0.4, 0.5) is 0 Å². The van der Waals surface area contributed by atoms with Crippen molar-refractivity contribution in [3.8, 4) is 28.3 Å². The number of furan rings is 1. The van der Waals surface area contributed by atoms with Gasteiger partial charge in [0.05, 0.1) is 16.9 Å². The molecule has 3 aromatic heterocycles. The molecule has 5 aromatic carbocycles. The van der Waals surface area contributed by atoms with Crippen LogP contribution in [0.5, 0.6) is 0 Å². The fraction of sp³-hybridized carbons (Fsp3) is 0.182. The molecule has 3 heterocycles. The smallest absolute Gasteiger partial charge is 0.0774 e. The molecule has 5 heteroatoms. The third-order valence-electron chi connectivity index (χ3n) is 8.58. The number of nitrogens with zero attached hydrogens (tertiary/aromatic N) is 3. The fourth-order valence-corrected chi connectivity index (χ4v) is 6.15. The average Bonchev–Trinajstić information content (AvgIpc) is 3.74. The quantitative estimate of drug-likeness (QED) is 0.162. The van der Waals surface area contributed by atoms with Crippen LogP contribution in [0.25, 0.3) is 61.1 Å². The Kier molecular flexibility index (Phi) is 7.91. The Morgan fingerprint density at radius 2 is 1.45 bits per heavy atom. The Labute approximate surface area is 310 Å². The third-order valence-corrected chi connectivity index (χ3v) is 8.58. The zero-order valence-electron chi connectivity index (χ0n) is 33.7. The SMILES string of the molecule is CC(C)c1cccc(C(C)C)c1-n1c(-c2[c-]oc3cc4ccccc4cc23)nc2ccccc21.[2H]C([2H])([2H])c1c[c-]c(-c2ccc(C([2H])([2H])[2H])cn2)cc1.[Ir]. The van der Waals surface area contributed by atoms with Crippen molar-refractivity contribution in [2.45, 2.75) is 53.2 Å². The molecule has 8 rings (SSSR count). The van der Waals surface area contributed by atoms with E-state index in [-0.39, 0.29) is 31.2 Å². The minimum absolute atomic E-state index is 0. The molecule has 0 saturated carbocycles. The van der Waals surface area contributed by atoms with E-state index in [2.05, 4.69) is 122 Å². The van der Waals surface area contributed by atoms with Gasteiger partial charge >= 0.3 is 0 Å². The molecule has 247 valence electrons. The Hall–Kier alpha value is -4.83. The van der Waals surface area contributed by atoms with Gasteiger partial charge in [0.15, 0.2) is 0 Å².